The monoisotopic (exact) mass is 296 g/mol. The van der Waals surface area contributed by atoms with Crippen molar-refractivity contribution in [2.45, 2.75) is 36.4 Å². The molecule has 0 amide bonds. The highest BCUT2D eigenvalue weighted by atomic mass is 32.2. The zero-order chi connectivity index (χ0) is 14.0. The fraction of sp³-hybridized carbons (Fsp3) is 0.500. The molecule has 0 fully saturated rings. The Balaban J connectivity index is 2.18. The Hall–Kier alpha value is -0.620. The molecule has 2 rings (SSSR count). The number of aliphatic hydroxyl groups excluding tert-OH is 1. The van der Waals surface area contributed by atoms with Crippen LogP contribution in [0.4, 0.5) is 0 Å². The van der Waals surface area contributed by atoms with Crippen LogP contribution < -0.4 is 5.73 Å². The molecule has 1 aromatic carbocycles. The number of nitrogens with zero attached hydrogens (tertiary/aromatic N) is 1. The summed E-state index contributed by atoms with van der Waals surface area (Å²) >= 11 is 3.24. The lowest BCUT2D eigenvalue weighted by Gasteiger charge is -2.32. The first-order valence-electron chi connectivity index (χ1n) is 6.30. The van der Waals surface area contributed by atoms with Crippen LogP contribution in [0.25, 0.3) is 10.2 Å². The highest BCUT2D eigenvalue weighted by molar-refractivity contribution is 8.01. The lowest BCUT2D eigenvalue weighted by molar-refractivity contribution is 0.233. The quantitative estimate of drug-likeness (QED) is 0.851. The predicted octanol–water partition coefficient (Wildman–Crippen LogP) is 3.12. The second-order valence-corrected chi connectivity index (χ2v) is 8.20. The van der Waals surface area contributed by atoms with Gasteiger partial charge in [-0.1, -0.05) is 44.7 Å². The number of hydrogen-bond donors (Lipinski definition) is 2. The molecule has 0 bridgehead atoms. The number of thiazole rings is 1. The van der Waals surface area contributed by atoms with E-state index >= 15 is 0 Å². The maximum atomic E-state index is 9.57. The van der Waals surface area contributed by atoms with Crippen molar-refractivity contribution < 1.29 is 5.11 Å². The normalized spacial score (nSPS) is 15.6. The van der Waals surface area contributed by atoms with Gasteiger partial charge < -0.3 is 10.8 Å². The number of hydrogen-bond acceptors (Lipinski definition) is 5. The number of aromatic nitrogens is 1. The molecule has 5 heteroatoms. The van der Waals surface area contributed by atoms with Crippen molar-refractivity contribution in [2.75, 3.05) is 6.61 Å². The summed E-state index contributed by atoms with van der Waals surface area (Å²) < 4.78 is 2.14. The van der Waals surface area contributed by atoms with Crippen molar-refractivity contribution >= 4 is 33.3 Å². The molecule has 2 unspecified atom stereocenters. The number of fused-ring (bicyclic) bond motifs is 1. The van der Waals surface area contributed by atoms with Crippen molar-refractivity contribution in [3.05, 3.63) is 24.3 Å². The van der Waals surface area contributed by atoms with Crippen LogP contribution in [0.1, 0.15) is 20.8 Å². The standard InChI is InChI=1S/C14H20N2OS2/c1-14(2,3)12(15)11(8-17)19-13-16-9-6-4-5-7-10(9)18-13/h4-7,11-12,17H,8,15H2,1-3H3. The largest absolute Gasteiger partial charge is 0.395 e. The lowest BCUT2D eigenvalue weighted by Crippen LogP contribution is -2.45. The van der Waals surface area contributed by atoms with Gasteiger partial charge in [-0.15, -0.1) is 11.3 Å². The molecule has 104 valence electrons. The minimum absolute atomic E-state index is 0.0273. The van der Waals surface area contributed by atoms with Crippen LogP contribution in [-0.4, -0.2) is 28.0 Å². The molecule has 0 aliphatic heterocycles. The Morgan fingerprint density at radius 1 is 1.37 bits per heavy atom. The third kappa shape index (κ3) is 3.48. The van der Waals surface area contributed by atoms with Crippen molar-refractivity contribution in [3.8, 4) is 0 Å². The Labute approximate surface area is 122 Å². The van der Waals surface area contributed by atoms with Crippen LogP contribution in [-0.2, 0) is 0 Å². The van der Waals surface area contributed by atoms with Crippen molar-refractivity contribution in [2.24, 2.45) is 11.1 Å². The van der Waals surface area contributed by atoms with E-state index in [9.17, 15) is 5.11 Å². The molecule has 2 aromatic rings. The van der Waals surface area contributed by atoms with Crippen molar-refractivity contribution in [1.29, 1.82) is 0 Å². The number of rotatable bonds is 4. The summed E-state index contributed by atoms with van der Waals surface area (Å²) in [5.74, 6) is 0. The zero-order valence-corrected chi connectivity index (χ0v) is 13.1. The lowest BCUT2D eigenvalue weighted by atomic mass is 9.85. The van der Waals surface area contributed by atoms with Crippen LogP contribution in [0.2, 0.25) is 0 Å². The van der Waals surface area contributed by atoms with Gasteiger partial charge in [-0.3, -0.25) is 0 Å². The van der Waals surface area contributed by atoms with E-state index in [2.05, 4.69) is 31.8 Å². The van der Waals surface area contributed by atoms with Gasteiger partial charge in [0.2, 0.25) is 0 Å². The van der Waals surface area contributed by atoms with Gasteiger partial charge in [0.05, 0.1) is 22.1 Å². The van der Waals surface area contributed by atoms with Crippen molar-refractivity contribution in [3.63, 3.8) is 0 Å². The molecule has 0 radical (unpaired) electrons. The molecular formula is C14H20N2OS2. The zero-order valence-electron chi connectivity index (χ0n) is 11.5. The molecule has 0 aliphatic carbocycles. The maximum Gasteiger partial charge on any atom is 0.151 e. The van der Waals surface area contributed by atoms with Gasteiger partial charge in [-0.2, -0.15) is 0 Å². The molecular weight excluding hydrogens is 276 g/mol. The smallest absolute Gasteiger partial charge is 0.151 e. The van der Waals surface area contributed by atoms with Gasteiger partial charge in [0.1, 0.15) is 0 Å². The third-order valence-corrected chi connectivity index (χ3v) is 5.51. The first kappa shape index (κ1) is 14.8. The van der Waals surface area contributed by atoms with E-state index in [1.165, 1.54) is 4.70 Å². The Morgan fingerprint density at radius 3 is 2.63 bits per heavy atom. The van der Waals surface area contributed by atoms with Gasteiger partial charge in [0.25, 0.3) is 0 Å². The van der Waals surface area contributed by atoms with E-state index in [4.69, 9.17) is 5.73 Å². The molecule has 0 saturated heterocycles. The molecule has 0 saturated carbocycles. The summed E-state index contributed by atoms with van der Waals surface area (Å²) in [6.07, 6.45) is 0. The summed E-state index contributed by atoms with van der Waals surface area (Å²) in [6, 6.07) is 8.00. The minimum Gasteiger partial charge on any atom is -0.395 e. The Kier molecular flexibility index (Phi) is 4.50. The molecule has 2 atom stereocenters. The average Bonchev–Trinajstić information content (AvgIpc) is 2.76. The number of thioether (sulfide) groups is 1. The summed E-state index contributed by atoms with van der Waals surface area (Å²) in [5, 5.41) is 9.54. The predicted molar refractivity (Wildman–Crippen MR) is 83.8 cm³/mol. The second-order valence-electron chi connectivity index (χ2n) is 5.68. The first-order valence-corrected chi connectivity index (χ1v) is 8.00. The molecule has 19 heavy (non-hydrogen) atoms. The third-order valence-electron chi connectivity index (χ3n) is 3.11. The number of aliphatic hydroxyl groups is 1. The highest BCUT2D eigenvalue weighted by Crippen LogP contribution is 2.35. The van der Waals surface area contributed by atoms with E-state index < -0.39 is 0 Å². The van der Waals surface area contributed by atoms with E-state index in [0.29, 0.717) is 0 Å². The summed E-state index contributed by atoms with van der Waals surface area (Å²) in [4.78, 5) is 4.58. The summed E-state index contributed by atoms with van der Waals surface area (Å²) in [5.41, 5.74) is 7.22. The first-order chi connectivity index (χ1) is 8.91. The Morgan fingerprint density at radius 2 is 2.05 bits per heavy atom. The number of para-hydroxylation sites is 1. The minimum atomic E-state index is -0.0745. The SMILES string of the molecule is CC(C)(C)C(N)C(CO)Sc1nc2ccccc2s1. The van der Waals surface area contributed by atoms with Crippen LogP contribution in [0.3, 0.4) is 0 Å². The number of benzene rings is 1. The average molecular weight is 296 g/mol. The van der Waals surface area contributed by atoms with E-state index in [1.54, 1.807) is 23.1 Å². The molecule has 0 aliphatic rings. The molecule has 3 nitrogen and oxygen atoms in total. The second kappa shape index (κ2) is 5.79. The topological polar surface area (TPSA) is 59.1 Å². The van der Waals surface area contributed by atoms with E-state index in [1.807, 2.05) is 18.2 Å². The fourth-order valence-corrected chi connectivity index (χ4v) is 4.38. The van der Waals surface area contributed by atoms with Gasteiger partial charge in [0, 0.05) is 6.04 Å². The van der Waals surface area contributed by atoms with Gasteiger partial charge in [0.15, 0.2) is 4.34 Å². The van der Waals surface area contributed by atoms with E-state index in [0.717, 1.165) is 9.86 Å². The van der Waals surface area contributed by atoms with Gasteiger partial charge in [-0.05, 0) is 17.5 Å². The fourth-order valence-electron chi connectivity index (χ4n) is 1.81. The Bertz CT molecular complexity index is 515. The molecule has 1 heterocycles. The van der Waals surface area contributed by atoms with E-state index in [-0.39, 0.29) is 23.3 Å². The van der Waals surface area contributed by atoms with Crippen LogP contribution in [0.15, 0.2) is 28.6 Å². The van der Waals surface area contributed by atoms with Crippen LogP contribution >= 0.6 is 23.1 Å². The van der Waals surface area contributed by atoms with Gasteiger partial charge >= 0.3 is 0 Å². The van der Waals surface area contributed by atoms with Crippen molar-refractivity contribution in [1.82, 2.24) is 4.98 Å². The van der Waals surface area contributed by atoms with Crippen LogP contribution in [0.5, 0.6) is 0 Å². The highest BCUT2D eigenvalue weighted by Gasteiger charge is 2.30. The molecule has 0 spiro atoms. The number of nitrogens with two attached hydrogens (primary N) is 1. The molecule has 3 N–H and O–H groups in total. The molecule has 1 aromatic heterocycles. The van der Waals surface area contributed by atoms with Gasteiger partial charge in [-0.25, -0.2) is 4.98 Å². The van der Waals surface area contributed by atoms with Crippen LogP contribution in [0, 0.1) is 5.41 Å². The summed E-state index contributed by atoms with van der Waals surface area (Å²) in [7, 11) is 0. The summed E-state index contributed by atoms with van der Waals surface area (Å²) in [6.45, 7) is 6.36. The maximum absolute atomic E-state index is 9.57.